The summed E-state index contributed by atoms with van der Waals surface area (Å²) in [4.78, 5) is 67.5. The Morgan fingerprint density at radius 1 is 0.806 bits per heavy atom. The maximum absolute atomic E-state index is 13.9. The zero-order valence-electron chi connectivity index (χ0n) is 35.5. The Kier molecular flexibility index (Phi) is 15.0. The third kappa shape index (κ3) is 10.2. The Morgan fingerprint density at radius 3 is 1.90 bits per heavy atom. The van der Waals surface area contributed by atoms with Crippen molar-refractivity contribution in [3.63, 3.8) is 0 Å². The molecule has 0 bridgehead atoms. The molecule has 334 valence electrons. The van der Waals surface area contributed by atoms with E-state index in [1.807, 2.05) is 13.8 Å². The van der Waals surface area contributed by atoms with E-state index in [4.69, 9.17) is 4.74 Å². The Bertz CT molecular complexity index is 2090. The molecule has 0 unspecified atom stereocenters. The van der Waals surface area contributed by atoms with E-state index in [0.717, 1.165) is 19.3 Å². The second kappa shape index (κ2) is 19.6. The summed E-state index contributed by atoms with van der Waals surface area (Å²) in [5.74, 6) is -1.33. The molecule has 0 amide bonds. The lowest BCUT2D eigenvalue weighted by Gasteiger charge is -2.58. The van der Waals surface area contributed by atoms with Crippen molar-refractivity contribution in [1.29, 1.82) is 0 Å². The molecule has 0 N–H and O–H groups in total. The third-order valence-corrected chi connectivity index (χ3v) is 17.3. The van der Waals surface area contributed by atoms with Gasteiger partial charge in [-0.2, -0.15) is 8.78 Å². The molecule has 0 radical (unpaired) electrons. The Hall–Kier alpha value is -4.27. The van der Waals surface area contributed by atoms with Crippen LogP contribution in [0.4, 0.5) is 8.78 Å². The molecule has 4 aliphatic rings. The molecule has 0 heterocycles. The van der Waals surface area contributed by atoms with Gasteiger partial charge >= 0.3 is 17.2 Å². The monoisotopic (exact) mass is 894 g/mol. The average Bonchev–Trinajstić information content (AvgIpc) is 3.61. The summed E-state index contributed by atoms with van der Waals surface area (Å²) in [6, 6.07) is 32.2. The number of ketones is 3. The van der Waals surface area contributed by atoms with E-state index < -0.39 is 45.8 Å². The second-order valence-corrected chi connectivity index (χ2v) is 21.3. The molecule has 0 saturated heterocycles. The number of hydrogen-bond donors (Lipinski definition) is 0. The zero-order valence-corrected chi connectivity index (χ0v) is 37.1. The van der Waals surface area contributed by atoms with Crippen LogP contribution in [0, 0.1) is 46.3 Å². The summed E-state index contributed by atoms with van der Waals surface area (Å²) in [5, 5.41) is -4.73. The van der Waals surface area contributed by atoms with E-state index >= 15 is 0 Å². The van der Waals surface area contributed by atoms with Crippen LogP contribution in [-0.4, -0.2) is 60.7 Å². The lowest BCUT2D eigenvalue weighted by molar-refractivity contribution is -0.166. The van der Waals surface area contributed by atoms with Crippen molar-refractivity contribution in [3.8, 4) is 0 Å². The number of alkyl halides is 2. The fourth-order valence-corrected chi connectivity index (χ4v) is 13.1. The number of carbonyl (C=O) groups is 5. The van der Waals surface area contributed by atoms with Crippen LogP contribution in [0.1, 0.15) is 91.4 Å². The van der Waals surface area contributed by atoms with E-state index in [-0.39, 0.29) is 88.6 Å². The van der Waals surface area contributed by atoms with Gasteiger partial charge in [0, 0.05) is 49.9 Å². The molecule has 3 aromatic rings. The highest BCUT2D eigenvalue weighted by Gasteiger charge is 2.66. The lowest BCUT2D eigenvalue weighted by atomic mass is 9.44. The normalized spacial score (nSPS) is 27.5. The molecule has 10 nitrogen and oxygen atoms in total. The van der Waals surface area contributed by atoms with Crippen LogP contribution in [0.15, 0.2) is 106 Å². The average molecular weight is 895 g/mol. The number of carbonyl (C=O) groups excluding carboxylic acids is 5. The van der Waals surface area contributed by atoms with Gasteiger partial charge in [0.2, 0.25) is 0 Å². The molecule has 14 heteroatoms. The number of rotatable bonds is 14. The molecule has 7 rings (SSSR count). The van der Waals surface area contributed by atoms with Gasteiger partial charge in [-0.25, -0.2) is 8.42 Å². The first-order valence-electron chi connectivity index (χ1n) is 21.5. The van der Waals surface area contributed by atoms with Gasteiger partial charge in [0.25, 0.3) is 0 Å². The van der Waals surface area contributed by atoms with E-state index in [1.165, 1.54) is 14.7 Å². The first kappa shape index (κ1) is 47.2. The summed E-state index contributed by atoms with van der Waals surface area (Å²) in [6.45, 7) is 4.11. The first-order chi connectivity index (χ1) is 29.4. The van der Waals surface area contributed by atoms with E-state index in [1.54, 1.807) is 0 Å². The van der Waals surface area contributed by atoms with Gasteiger partial charge in [-0.3, -0.25) is 24.0 Å². The number of ether oxygens (including phenoxy) is 2. The molecule has 62 heavy (non-hydrogen) atoms. The molecule has 8 atom stereocenters. The number of Topliss-reactive ketones (excluding diaryl/α,β-unsaturated/α-hetero) is 3. The van der Waals surface area contributed by atoms with Crippen molar-refractivity contribution in [1.82, 2.24) is 0 Å². The smallest absolute Gasteiger partial charge is 0.367 e. The van der Waals surface area contributed by atoms with Crippen molar-refractivity contribution >= 4 is 50.3 Å². The topological polar surface area (TPSA) is 161 Å². The van der Waals surface area contributed by atoms with Gasteiger partial charge in [-0.1, -0.05) is 75.4 Å². The van der Waals surface area contributed by atoms with Crippen LogP contribution in [0.3, 0.4) is 0 Å². The molecule has 4 saturated carbocycles. The highest BCUT2D eigenvalue weighted by Crippen LogP contribution is 2.66. The van der Waals surface area contributed by atoms with Crippen molar-refractivity contribution < 1.29 is 55.2 Å². The quantitative estimate of drug-likeness (QED) is 0.0662. The largest absolute Gasteiger partial charge is 0.743 e. The summed E-state index contributed by atoms with van der Waals surface area (Å²) < 4.78 is 66.7. The lowest BCUT2D eigenvalue weighted by Crippen LogP contribution is -2.60. The van der Waals surface area contributed by atoms with Crippen LogP contribution in [0.5, 0.6) is 0 Å². The molecule has 0 aliphatic heterocycles. The molecule has 3 aromatic carbocycles. The van der Waals surface area contributed by atoms with Gasteiger partial charge in [0.05, 0.1) is 17.5 Å². The minimum atomic E-state index is -5.96. The molecular weight excluding hydrogens is 839 g/mol. The highest BCUT2D eigenvalue weighted by atomic mass is 32.2. The molecule has 0 aromatic heterocycles. The Labute approximate surface area is 366 Å². The standard InChI is InChI=1S/C30H42F2O10S.C18H15S/c1-17(6-9-26(37)41-12-4-5-25(36)42-16-30(31,32)43(38,39)40)20-7-8-21-27-22(15-24(35)29(20,21)3)28(2)11-10-19(33)13-18(28)14-23(27)34;1-4-10-16(11-5-1)19(17-12-6-2-7-13-17)18-14-8-3-9-15-18/h17-18,20-22,27H,4-16H2,1-3H3,(H,38,39,40);1-15H/q;+1/p-1/t17-,18+,20-,21+,22+,27+,28+,29-;/m1./s1. The van der Waals surface area contributed by atoms with Gasteiger partial charge in [0.1, 0.15) is 17.3 Å². The number of benzene rings is 3. The minimum Gasteiger partial charge on any atom is -0.743 e. The SMILES string of the molecule is C[C@H](CCC(=O)OCCCC(=O)OCC(F)(F)S(=O)(=O)[O-])[C@H]1CC[C@H]2[C@@H]3C(=O)C[C@@H]4CC(=O)CC[C@]4(C)[C@H]3CC(=O)[C@]12C.c1ccc([S+](c2ccccc2)c2ccccc2)cc1. The molecule has 4 aliphatic carbocycles. The number of hydrogen-bond acceptors (Lipinski definition) is 10. The van der Waals surface area contributed by atoms with Crippen molar-refractivity contribution in [3.05, 3.63) is 91.0 Å². The van der Waals surface area contributed by atoms with Gasteiger partial charge < -0.3 is 14.0 Å². The molecule has 4 fully saturated rings. The van der Waals surface area contributed by atoms with Crippen molar-refractivity contribution in [2.45, 2.75) is 111 Å². The predicted octanol–water partition coefficient (Wildman–Crippen LogP) is 8.78. The van der Waals surface area contributed by atoms with Gasteiger partial charge in [-0.05, 0) is 104 Å². The summed E-state index contributed by atoms with van der Waals surface area (Å²) >= 11 is 0. The van der Waals surface area contributed by atoms with Gasteiger partial charge in [-0.15, -0.1) is 0 Å². The fourth-order valence-electron chi connectivity index (χ4n) is 10.8. The van der Waals surface area contributed by atoms with Crippen molar-refractivity contribution in [2.75, 3.05) is 13.2 Å². The van der Waals surface area contributed by atoms with E-state index in [2.05, 4.69) is 103 Å². The summed E-state index contributed by atoms with van der Waals surface area (Å²) in [6.07, 6.45) is 4.05. The maximum atomic E-state index is 13.9. The van der Waals surface area contributed by atoms with Crippen LogP contribution in [0.2, 0.25) is 0 Å². The van der Waals surface area contributed by atoms with Gasteiger partial charge in [0.15, 0.2) is 31.4 Å². The maximum Gasteiger partial charge on any atom is 0.367 e. The minimum absolute atomic E-state index is 0.00585. The number of fused-ring (bicyclic) bond motifs is 5. The summed E-state index contributed by atoms with van der Waals surface area (Å²) in [7, 11) is -5.97. The second-order valence-electron chi connectivity index (χ2n) is 17.8. The van der Waals surface area contributed by atoms with Crippen LogP contribution in [0.25, 0.3) is 0 Å². The Morgan fingerprint density at radius 2 is 1.35 bits per heavy atom. The molecular formula is C48H56F2O10S2. The van der Waals surface area contributed by atoms with Crippen LogP contribution < -0.4 is 0 Å². The first-order valence-corrected chi connectivity index (χ1v) is 24.1. The fraction of sp³-hybridized carbons (Fsp3) is 0.521. The van der Waals surface area contributed by atoms with E-state index in [0.29, 0.717) is 32.1 Å². The zero-order chi connectivity index (χ0) is 44.9. The van der Waals surface area contributed by atoms with E-state index in [9.17, 15) is 45.7 Å². The predicted molar refractivity (Wildman–Crippen MR) is 227 cm³/mol. The Balaban J connectivity index is 0.000000278. The third-order valence-electron chi connectivity index (χ3n) is 14.2. The van der Waals surface area contributed by atoms with Crippen molar-refractivity contribution in [2.24, 2.45) is 46.3 Å². The van der Waals surface area contributed by atoms with Crippen LogP contribution in [-0.2, 0) is 54.5 Å². The van der Waals surface area contributed by atoms with Crippen LogP contribution >= 0.6 is 0 Å². The highest BCUT2D eigenvalue weighted by molar-refractivity contribution is 7.97. The molecule has 0 spiro atoms. The number of esters is 2. The number of halogens is 2. The summed E-state index contributed by atoms with van der Waals surface area (Å²) in [5.41, 5.74) is -0.841.